The molecule has 96 valence electrons. The zero-order chi connectivity index (χ0) is 13.2. The summed E-state index contributed by atoms with van der Waals surface area (Å²) in [4.78, 5) is 4.42. The van der Waals surface area contributed by atoms with Gasteiger partial charge in [0.2, 0.25) is 0 Å². The lowest BCUT2D eigenvalue weighted by Gasteiger charge is -2.05. The summed E-state index contributed by atoms with van der Waals surface area (Å²) in [7, 11) is 0. The predicted molar refractivity (Wildman–Crippen MR) is 78.1 cm³/mol. The molecule has 3 rings (SSSR count). The first-order valence-corrected chi connectivity index (χ1v) is 6.51. The topological polar surface area (TPSA) is 43.3 Å². The minimum Gasteiger partial charge on any atom is -0.330 e. The molecule has 0 fully saturated rings. The summed E-state index contributed by atoms with van der Waals surface area (Å²) in [5.74, 6) is 1.02. The van der Waals surface area contributed by atoms with Crippen LogP contribution < -0.4 is 5.73 Å². The molecule has 2 aromatic heterocycles. The molecule has 0 radical (unpaired) electrons. The molecule has 0 aliphatic carbocycles. The Morgan fingerprint density at radius 2 is 2.00 bits per heavy atom. The van der Waals surface area contributed by atoms with Gasteiger partial charge in [0.05, 0.1) is 11.7 Å². The minimum atomic E-state index is 0.624. The van der Waals surface area contributed by atoms with E-state index in [1.807, 2.05) is 6.20 Å². The number of hydrogen-bond acceptors (Lipinski definition) is 2. The summed E-state index contributed by atoms with van der Waals surface area (Å²) in [5.41, 5.74) is 10.4. The van der Waals surface area contributed by atoms with Crippen molar-refractivity contribution < 1.29 is 0 Å². The summed E-state index contributed by atoms with van der Waals surface area (Å²) in [6.07, 6.45) is 4.78. The van der Waals surface area contributed by atoms with Crippen molar-refractivity contribution in [1.29, 1.82) is 0 Å². The Kier molecular flexibility index (Phi) is 3.05. The van der Waals surface area contributed by atoms with Gasteiger partial charge in [-0.1, -0.05) is 29.8 Å². The second kappa shape index (κ2) is 4.86. The van der Waals surface area contributed by atoms with E-state index < -0.39 is 0 Å². The highest BCUT2D eigenvalue weighted by molar-refractivity contribution is 5.69. The van der Waals surface area contributed by atoms with Crippen LogP contribution in [0.4, 0.5) is 0 Å². The first-order chi connectivity index (χ1) is 9.28. The van der Waals surface area contributed by atoms with Crippen LogP contribution in [0.2, 0.25) is 0 Å². The van der Waals surface area contributed by atoms with Crippen LogP contribution in [0.15, 0.2) is 48.8 Å². The van der Waals surface area contributed by atoms with E-state index >= 15 is 0 Å². The molecule has 0 aliphatic heterocycles. The molecule has 3 aromatic rings. The van der Waals surface area contributed by atoms with E-state index in [0.29, 0.717) is 6.54 Å². The average Bonchev–Trinajstić information content (AvgIpc) is 2.82. The van der Waals surface area contributed by atoms with E-state index in [2.05, 4.69) is 58.9 Å². The van der Waals surface area contributed by atoms with Gasteiger partial charge >= 0.3 is 0 Å². The lowest BCUT2D eigenvalue weighted by molar-refractivity contribution is 0.863. The predicted octanol–water partition coefficient (Wildman–Crippen LogP) is 2.81. The van der Waals surface area contributed by atoms with Gasteiger partial charge in [0.25, 0.3) is 0 Å². The van der Waals surface area contributed by atoms with E-state index in [0.717, 1.165) is 17.8 Å². The molecule has 1 aromatic carbocycles. The van der Waals surface area contributed by atoms with Crippen LogP contribution >= 0.6 is 0 Å². The number of nitrogens with two attached hydrogens (primary N) is 1. The van der Waals surface area contributed by atoms with E-state index in [9.17, 15) is 0 Å². The highest BCUT2D eigenvalue weighted by Crippen LogP contribution is 2.22. The largest absolute Gasteiger partial charge is 0.330 e. The van der Waals surface area contributed by atoms with E-state index in [-0.39, 0.29) is 0 Å². The zero-order valence-corrected chi connectivity index (χ0v) is 11.0. The molecular weight excluding hydrogens is 234 g/mol. The van der Waals surface area contributed by atoms with Crippen molar-refractivity contribution in [2.75, 3.05) is 6.54 Å². The van der Waals surface area contributed by atoms with Crippen LogP contribution in [0.3, 0.4) is 0 Å². The maximum atomic E-state index is 5.60. The van der Waals surface area contributed by atoms with Gasteiger partial charge in [0.15, 0.2) is 0 Å². The van der Waals surface area contributed by atoms with Gasteiger partial charge in [-0.25, -0.2) is 4.98 Å². The van der Waals surface area contributed by atoms with Gasteiger partial charge in [-0.15, -0.1) is 0 Å². The van der Waals surface area contributed by atoms with E-state index in [1.165, 1.54) is 16.7 Å². The molecule has 0 saturated carbocycles. The normalized spacial score (nSPS) is 11.1. The van der Waals surface area contributed by atoms with Crippen molar-refractivity contribution in [3.05, 3.63) is 60.2 Å². The fourth-order valence-electron chi connectivity index (χ4n) is 2.37. The van der Waals surface area contributed by atoms with Gasteiger partial charge < -0.3 is 10.1 Å². The molecule has 0 unspecified atom stereocenters. The van der Waals surface area contributed by atoms with Crippen LogP contribution in [0.5, 0.6) is 0 Å². The Hall–Kier alpha value is -2.13. The number of fused-ring (bicyclic) bond motifs is 1. The fraction of sp³-hybridized carbons (Fsp3) is 0.188. The number of pyridine rings is 1. The number of imidazole rings is 1. The Morgan fingerprint density at radius 1 is 1.16 bits per heavy atom. The quantitative estimate of drug-likeness (QED) is 0.778. The minimum absolute atomic E-state index is 0.624. The van der Waals surface area contributed by atoms with E-state index in [4.69, 9.17) is 5.73 Å². The van der Waals surface area contributed by atoms with Gasteiger partial charge in [-0.2, -0.15) is 0 Å². The summed E-state index contributed by atoms with van der Waals surface area (Å²) in [6.45, 7) is 2.74. The standard InChI is InChI=1S/C16H17N3/c1-12-3-2-4-13(9-12)14-6-8-19-15(10-14)11-18-16(19)5-7-17/h2-4,6,8-11H,5,7,17H2,1H3. The molecule has 3 heteroatoms. The van der Waals surface area contributed by atoms with Crippen molar-refractivity contribution in [1.82, 2.24) is 9.38 Å². The third kappa shape index (κ3) is 2.25. The maximum Gasteiger partial charge on any atom is 0.114 e. The molecule has 2 heterocycles. The molecule has 0 bridgehead atoms. The van der Waals surface area contributed by atoms with Gasteiger partial charge in [0.1, 0.15) is 5.82 Å². The number of benzene rings is 1. The van der Waals surface area contributed by atoms with Crippen molar-refractivity contribution in [2.45, 2.75) is 13.3 Å². The van der Waals surface area contributed by atoms with Crippen molar-refractivity contribution >= 4 is 5.52 Å². The summed E-state index contributed by atoms with van der Waals surface area (Å²) in [6, 6.07) is 12.8. The molecule has 2 N–H and O–H groups in total. The summed E-state index contributed by atoms with van der Waals surface area (Å²) in [5, 5.41) is 0. The molecule has 0 atom stereocenters. The molecule has 0 spiro atoms. The van der Waals surface area contributed by atoms with Crippen LogP contribution in [-0.4, -0.2) is 15.9 Å². The number of nitrogens with zero attached hydrogens (tertiary/aromatic N) is 2. The average molecular weight is 251 g/mol. The lowest BCUT2D eigenvalue weighted by Crippen LogP contribution is -2.06. The molecule has 0 aliphatic rings. The third-order valence-corrected chi connectivity index (χ3v) is 3.33. The van der Waals surface area contributed by atoms with Gasteiger partial charge in [-0.05, 0) is 36.7 Å². The van der Waals surface area contributed by atoms with Crippen LogP contribution in [0, 0.1) is 6.92 Å². The Bertz CT molecular complexity index is 713. The number of aromatic nitrogens is 2. The molecule has 3 nitrogen and oxygen atoms in total. The molecule has 19 heavy (non-hydrogen) atoms. The molecule has 0 amide bonds. The number of rotatable bonds is 3. The summed E-state index contributed by atoms with van der Waals surface area (Å²) < 4.78 is 2.10. The smallest absolute Gasteiger partial charge is 0.114 e. The van der Waals surface area contributed by atoms with Crippen molar-refractivity contribution in [3.63, 3.8) is 0 Å². The second-order valence-electron chi connectivity index (χ2n) is 4.79. The van der Waals surface area contributed by atoms with Crippen LogP contribution in [-0.2, 0) is 6.42 Å². The van der Waals surface area contributed by atoms with Crippen molar-refractivity contribution in [3.8, 4) is 11.1 Å². The maximum absolute atomic E-state index is 5.60. The third-order valence-electron chi connectivity index (χ3n) is 3.33. The van der Waals surface area contributed by atoms with Gasteiger partial charge in [-0.3, -0.25) is 0 Å². The monoisotopic (exact) mass is 251 g/mol. The van der Waals surface area contributed by atoms with Crippen molar-refractivity contribution in [2.24, 2.45) is 5.73 Å². The zero-order valence-electron chi connectivity index (χ0n) is 11.0. The van der Waals surface area contributed by atoms with Crippen LogP contribution in [0.25, 0.3) is 16.6 Å². The first-order valence-electron chi connectivity index (χ1n) is 6.51. The molecular formula is C16H17N3. The Morgan fingerprint density at radius 3 is 2.79 bits per heavy atom. The van der Waals surface area contributed by atoms with Gasteiger partial charge in [0, 0.05) is 12.6 Å². The Labute approximate surface area is 112 Å². The van der Waals surface area contributed by atoms with Crippen LogP contribution in [0.1, 0.15) is 11.4 Å². The fourth-order valence-corrected chi connectivity index (χ4v) is 2.37. The second-order valence-corrected chi connectivity index (χ2v) is 4.79. The first kappa shape index (κ1) is 11.9. The molecule has 0 saturated heterocycles. The number of hydrogen-bond donors (Lipinski definition) is 1. The van der Waals surface area contributed by atoms with E-state index in [1.54, 1.807) is 0 Å². The Balaban J connectivity index is 2.07. The number of aryl methyl sites for hydroxylation is 1. The SMILES string of the molecule is Cc1cccc(-c2ccn3c(CCN)ncc3c2)c1. The highest BCUT2D eigenvalue weighted by atomic mass is 15.0. The highest BCUT2D eigenvalue weighted by Gasteiger charge is 2.04. The lowest BCUT2D eigenvalue weighted by atomic mass is 10.0. The summed E-state index contributed by atoms with van der Waals surface area (Å²) >= 11 is 0.